The predicted molar refractivity (Wildman–Crippen MR) is 65.9 cm³/mol. The Morgan fingerprint density at radius 3 is 2.94 bits per heavy atom. The van der Waals surface area contributed by atoms with Crippen molar-refractivity contribution >= 4 is 17.6 Å². The molecule has 0 fully saturated rings. The number of ether oxygens (including phenoxy) is 1. The number of amides is 1. The number of nitrogens with zero attached hydrogens (tertiary/aromatic N) is 1. The lowest BCUT2D eigenvalue weighted by atomic mass is 10.1. The molecule has 0 spiro atoms. The summed E-state index contributed by atoms with van der Waals surface area (Å²) >= 11 is 0. The van der Waals surface area contributed by atoms with Crippen LogP contribution in [-0.4, -0.2) is 30.1 Å². The summed E-state index contributed by atoms with van der Waals surface area (Å²) in [5.74, 6) is -0.216. The number of hydrogen-bond donors (Lipinski definition) is 1. The van der Waals surface area contributed by atoms with Gasteiger partial charge in [-0.2, -0.15) is 0 Å². The second kappa shape index (κ2) is 5.08. The van der Waals surface area contributed by atoms with E-state index < -0.39 is 5.97 Å². The first-order chi connectivity index (χ1) is 8.61. The van der Waals surface area contributed by atoms with Crippen LogP contribution in [0.1, 0.15) is 18.9 Å². The van der Waals surface area contributed by atoms with Gasteiger partial charge in [0.05, 0.1) is 19.4 Å². The molecule has 0 aliphatic carbocycles. The number of aliphatic carboxylic acids is 1. The average molecular weight is 249 g/mol. The van der Waals surface area contributed by atoms with Crippen LogP contribution in [0.3, 0.4) is 0 Å². The fourth-order valence-corrected chi connectivity index (χ4v) is 2.07. The van der Waals surface area contributed by atoms with Crippen LogP contribution in [-0.2, 0) is 16.0 Å². The molecule has 0 radical (unpaired) electrons. The SMILES string of the molecule is CCOc1ccc2c(c1)CC(=O)N2CCC(=O)O. The van der Waals surface area contributed by atoms with E-state index in [-0.39, 0.29) is 18.9 Å². The van der Waals surface area contributed by atoms with E-state index in [1.54, 1.807) is 6.07 Å². The fourth-order valence-electron chi connectivity index (χ4n) is 2.07. The molecule has 1 amide bonds. The molecule has 1 aliphatic heterocycles. The van der Waals surface area contributed by atoms with Gasteiger partial charge in [-0.15, -0.1) is 0 Å². The number of fused-ring (bicyclic) bond motifs is 1. The number of anilines is 1. The van der Waals surface area contributed by atoms with Crippen molar-refractivity contribution in [3.63, 3.8) is 0 Å². The second-order valence-electron chi connectivity index (χ2n) is 4.09. The lowest BCUT2D eigenvalue weighted by molar-refractivity contribution is -0.136. The highest BCUT2D eigenvalue weighted by Gasteiger charge is 2.27. The first-order valence-corrected chi connectivity index (χ1v) is 5.89. The standard InChI is InChI=1S/C13H15NO4/c1-2-18-10-3-4-11-9(7-10)8-12(15)14(11)6-5-13(16)17/h3-4,7H,2,5-6,8H2,1H3,(H,16,17). The Morgan fingerprint density at radius 1 is 1.50 bits per heavy atom. The molecule has 96 valence electrons. The fraction of sp³-hybridized carbons (Fsp3) is 0.385. The Bertz CT molecular complexity index is 484. The topological polar surface area (TPSA) is 66.8 Å². The van der Waals surface area contributed by atoms with Crippen LogP contribution in [0.4, 0.5) is 5.69 Å². The highest BCUT2D eigenvalue weighted by molar-refractivity contribution is 6.01. The van der Waals surface area contributed by atoms with Gasteiger partial charge >= 0.3 is 5.97 Å². The molecule has 2 rings (SSSR count). The molecule has 0 unspecified atom stereocenters. The minimum Gasteiger partial charge on any atom is -0.494 e. The molecule has 1 aliphatic rings. The van der Waals surface area contributed by atoms with Gasteiger partial charge in [0.25, 0.3) is 0 Å². The van der Waals surface area contributed by atoms with Gasteiger partial charge < -0.3 is 14.7 Å². The summed E-state index contributed by atoms with van der Waals surface area (Å²) in [5, 5.41) is 8.66. The van der Waals surface area contributed by atoms with Crippen LogP contribution < -0.4 is 9.64 Å². The summed E-state index contributed by atoms with van der Waals surface area (Å²) in [4.78, 5) is 23.9. The van der Waals surface area contributed by atoms with Gasteiger partial charge in [0.2, 0.25) is 5.91 Å². The average Bonchev–Trinajstić information content (AvgIpc) is 2.62. The van der Waals surface area contributed by atoms with Crippen LogP contribution >= 0.6 is 0 Å². The highest BCUT2D eigenvalue weighted by Crippen LogP contribution is 2.32. The molecule has 0 saturated heterocycles. The molecule has 5 nitrogen and oxygen atoms in total. The van der Waals surface area contributed by atoms with Crippen LogP contribution in [0.15, 0.2) is 18.2 Å². The number of benzene rings is 1. The zero-order valence-corrected chi connectivity index (χ0v) is 10.2. The Labute approximate surface area is 105 Å². The number of carbonyl (C=O) groups is 2. The van der Waals surface area contributed by atoms with E-state index in [1.807, 2.05) is 19.1 Å². The Kier molecular flexibility index (Phi) is 3.50. The van der Waals surface area contributed by atoms with Crippen molar-refractivity contribution in [1.82, 2.24) is 0 Å². The second-order valence-corrected chi connectivity index (χ2v) is 4.09. The van der Waals surface area contributed by atoms with Crippen LogP contribution in [0, 0.1) is 0 Å². The van der Waals surface area contributed by atoms with Gasteiger partial charge in [0.15, 0.2) is 0 Å². The van der Waals surface area contributed by atoms with Crippen molar-refractivity contribution in [1.29, 1.82) is 0 Å². The third-order valence-corrected chi connectivity index (χ3v) is 2.84. The molecular formula is C13H15NO4. The number of carboxylic acid groups (broad SMARTS) is 1. The van der Waals surface area contributed by atoms with Gasteiger partial charge in [-0.25, -0.2) is 0 Å². The van der Waals surface area contributed by atoms with E-state index in [1.165, 1.54) is 4.90 Å². The molecule has 0 bridgehead atoms. The van der Waals surface area contributed by atoms with E-state index in [0.29, 0.717) is 13.0 Å². The van der Waals surface area contributed by atoms with Crippen molar-refractivity contribution in [3.8, 4) is 5.75 Å². The number of rotatable bonds is 5. The largest absolute Gasteiger partial charge is 0.494 e. The Hall–Kier alpha value is -2.04. The van der Waals surface area contributed by atoms with Gasteiger partial charge in [-0.3, -0.25) is 9.59 Å². The first kappa shape index (κ1) is 12.4. The van der Waals surface area contributed by atoms with Crippen molar-refractivity contribution in [2.45, 2.75) is 19.8 Å². The summed E-state index contributed by atoms with van der Waals surface area (Å²) in [6.07, 6.45) is 0.272. The smallest absolute Gasteiger partial charge is 0.305 e. The van der Waals surface area contributed by atoms with E-state index in [2.05, 4.69) is 0 Å². The molecule has 1 N–H and O–H groups in total. The van der Waals surface area contributed by atoms with Gasteiger partial charge in [0.1, 0.15) is 5.75 Å². The Morgan fingerprint density at radius 2 is 2.28 bits per heavy atom. The van der Waals surface area contributed by atoms with E-state index in [4.69, 9.17) is 9.84 Å². The first-order valence-electron chi connectivity index (χ1n) is 5.89. The van der Waals surface area contributed by atoms with Crippen molar-refractivity contribution in [2.24, 2.45) is 0 Å². The summed E-state index contributed by atoms with van der Waals surface area (Å²) < 4.78 is 5.38. The molecule has 18 heavy (non-hydrogen) atoms. The zero-order chi connectivity index (χ0) is 13.1. The normalized spacial score (nSPS) is 13.6. The third kappa shape index (κ3) is 2.45. The van der Waals surface area contributed by atoms with Gasteiger partial charge in [0, 0.05) is 12.2 Å². The molecule has 1 heterocycles. The van der Waals surface area contributed by atoms with Crippen LogP contribution in [0.2, 0.25) is 0 Å². The van der Waals surface area contributed by atoms with E-state index in [9.17, 15) is 9.59 Å². The van der Waals surface area contributed by atoms with Crippen molar-refractivity contribution < 1.29 is 19.4 Å². The molecule has 0 aromatic heterocycles. The number of hydrogen-bond acceptors (Lipinski definition) is 3. The number of carboxylic acids is 1. The summed E-state index contributed by atoms with van der Waals surface area (Å²) in [7, 11) is 0. The highest BCUT2D eigenvalue weighted by atomic mass is 16.5. The summed E-state index contributed by atoms with van der Waals surface area (Å²) in [5.41, 5.74) is 1.70. The predicted octanol–water partition coefficient (Wildman–Crippen LogP) is 1.45. The van der Waals surface area contributed by atoms with E-state index >= 15 is 0 Å². The molecule has 1 aromatic rings. The van der Waals surface area contributed by atoms with Gasteiger partial charge in [-0.05, 0) is 30.7 Å². The minimum atomic E-state index is -0.901. The molecule has 0 saturated carbocycles. The number of carbonyl (C=O) groups excluding carboxylic acids is 1. The minimum absolute atomic E-state index is 0.0433. The van der Waals surface area contributed by atoms with Gasteiger partial charge in [-0.1, -0.05) is 0 Å². The summed E-state index contributed by atoms with van der Waals surface area (Å²) in [6, 6.07) is 5.46. The maximum Gasteiger partial charge on any atom is 0.305 e. The molecule has 1 aromatic carbocycles. The van der Waals surface area contributed by atoms with Crippen molar-refractivity contribution in [3.05, 3.63) is 23.8 Å². The van der Waals surface area contributed by atoms with Crippen molar-refractivity contribution in [2.75, 3.05) is 18.1 Å². The zero-order valence-electron chi connectivity index (χ0n) is 10.2. The lowest BCUT2D eigenvalue weighted by Gasteiger charge is -2.16. The molecular weight excluding hydrogens is 234 g/mol. The third-order valence-electron chi connectivity index (χ3n) is 2.84. The maximum atomic E-state index is 11.8. The summed E-state index contributed by atoms with van der Waals surface area (Å²) in [6.45, 7) is 2.70. The molecule has 5 heteroatoms. The van der Waals surface area contributed by atoms with Crippen LogP contribution in [0.25, 0.3) is 0 Å². The monoisotopic (exact) mass is 249 g/mol. The van der Waals surface area contributed by atoms with E-state index in [0.717, 1.165) is 17.0 Å². The molecule has 0 atom stereocenters. The quantitative estimate of drug-likeness (QED) is 0.857. The Balaban J connectivity index is 2.18. The maximum absolute atomic E-state index is 11.8. The van der Waals surface area contributed by atoms with Crippen LogP contribution in [0.5, 0.6) is 5.75 Å². The lowest BCUT2D eigenvalue weighted by Crippen LogP contribution is -2.29.